The highest BCUT2D eigenvalue weighted by Crippen LogP contribution is 2.31. The van der Waals surface area contributed by atoms with Gasteiger partial charge in [0.1, 0.15) is 11.6 Å². The maximum Gasteiger partial charge on any atom is 0.223 e. The zero-order valence-corrected chi connectivity index (χ0v) is 14.6. The molecule has 0 aliphatic carbocycles. The molecule has 1 fully saturated rings. The van der Waals surface area contributed by atoms with E-state index < -0.39 is 10.0 Å². The van der Waals surface area contributed by atoms with Gasteiger partial charge in [-0.3, -0.25) is 4.79 Å². The molecule has 2 aromatic rings. The number of primary sulfonamides is 1. The number of sulfonamides is 1. The van der Waals surface area contributed by atoms with Crippen LogP contribution in [0.4, 0.5) is 4.39 Å². The van der Waals surface area contributed by atoms with Crippen molar-refractivity contribution in [2.24, 2.45) is 5.14 Å². The molecule has 2 heterocycles. The molecule has 3 N–H and O–H groups in total. The predicted molar refractivity (Wildman–Crippen MR) is 91.6 cm³/mol. The minimum Gasteiger partial charge on any atom is -0.340 e. The Hall–Kier alpha value is -2.00. The largest absolute Gasteiger partial charge is 0.340 e. The van der Waals surface area contributed by atoms with Crippen LogP contribution in [-0.4, -0.2) is 41.5 Å². The standard InChI is InChI=1S/C16H21FN4O3S/c17-11-6-7-12-13(10-11)20-16(19-12)14-4-1-2-8-21(14)15(22)5-3-9-25(18,23)24/h6-7,10,14H,1-5,8-9H2,(H,19,20)(H2,18,23,24)/t14-/m1/s1. The number of amides is 1. The van der Waals surface area contributed by atoms with E-state index in [1.54, 1.807) is 11.0 Å². The number of hydrogen-bond donors (Lipinski definition) is 2. The summed E-state index contributed by atoms with van der Waals surface area (Å²) in [5, 5.41) is 4.98. The first kappa shape index (κ1) is 17.8. The third kappa shape index (κ3) is 4.35. The van der Waals surface area contributed by atoms with Crippen molar-refractivity contribution in [2.75, 3.05) is 12.3 Å². The molecular formula is C16H21FN4O3S. The number of rotatable bonds is 5. The molecule has 3 rings (SSSR count). The highest BCUT2D eigenvalue weighted by molar-refractivity contribution is 7.89. The maximum absolute atomic E-state index is 13.4. The molecule has 0 bridgehead atoms. The monoisotopic (exact) mass is 368 g/mol. The van der Waals surface area contributed by atoms with E-state index in [0.717, 1.165) is 19.3 Å². The van der Waals surface area contributed by atoms with Gasteiger partial charge in [-0.1, -0.05) is 0 Å². The van der Waals surface area contributed by atoms with E-state index in [1.807, 2.05) is 0 Å². The number of fused-ring (bicyclic) bond motifs is 1. The summed E-state index contributed by atoms with van der Waals surface area (Å²) in [6.07, 6.45) is 2.96. The number of piperidine rings is 1. The molecule has 25 heavy (non-hydrogen) atoms. The Balaban J connectivity index is 1.76. The van der Waals surface area contributed by atoms with Crippen molar-refractivity contribution in [3.8, 4) is 0 Å². The van der Waals surface area contributed by atoms with E-state index >= 15 is 0 Å². The smallest absolute Gasteiger partial charge is 0.223 e. The minimum absolute atomic E-state index is 0.111. The number of hydrogen-bond acceptors (Lipinski definition) is 4. The number of nitrogens with two attached hydrogens (primary N) is 1. The second kappa shape index (κ2) is 7.09. The fourth-order valence-electron chi connectivity index (χ4n) is 3.24. The second-order valence-corrected chi connectivity index (χ2v) is 8.09. The van der Waals surface area contributed by atoms with Crippen LogP contribution in [-0.2, 0) is 14.8 Å². The van der Waals surface area contributed by atoms with E-state index in [4.69, 9.17) is 5.14 Å². The third-order valence-electron chi connectivity index (χ3n) is 4.42. The molecule has 9 heteroatoms. The Labute approximate surface area is 145 Å². The number of imidazole rings is 1. The van der Waals surface area contributed by atoms with E-state index in [0.29, 0.717) is 23.4 Å². The van der Waals surface area contributed by atoms with Crippen molar-refractivity contribution >= 4 is 27.0 Å². The summed E-state index contributed by atoms with van der Waals surface area (Å²) < 4.78 is 35.4. The van der Waals surface area contributed by atoms with Gasteiger partial charge in [-0.15, -0.1) is 0 Å². The summed E-state index contributed by atoms with van der Waals surface area (Å²) in [4.78, 5) is 21.9. The lowest BCUT2D eigenvalue weighted by atomic mass is 10.0. The number of nitrogens with one attached hydrogen (secondary N) is 1. The molecule has 136 valence electrons. The number of carbonyl (C=O) groups is 1. The van der Waals surface area contributed by atoms with Crippen LogP contribution >= 0.6 is 0 Å². The molecule has 1 aliphatic rings. The van der Waals surface area contributed by atoms with Crippen molar-refractivity contribution in [2.45, 2.75) is 38.1 Å². The van der Waals surface area contributed by atoms with Gasteiger partial charge >= 0.3 is 0 Å². The van der Waals surface area contributed by atoms with Gasteiger partial charge in [-0.2, -0.15) is 0 Å². The van der Waals surface area contributed by atoms with Gasteiger partial charge in [0.25, 0.3) is 0 Å². The first-order chi connectivity index (χ1) is 11.8. The summed E-state index contributed by atoms with van der Waals surface area (Å²) in [5.74, 6) is -0.0244. The fraction of sp³-hybridized carbons (Fsp3) is 0.500. The van der Waals surface area contributed by atoms with Crippen LogP contribution in [0.3, 0.4) is 0 Å². The molecule has 0 saturated carbocycles. The molecule has 1 saturated heterocycles. The van der Waals surface area contributed by atoms with Crippen LogP contribution in [0.2, 0.25) is 0 Å². The van der Waals surface area contributed by atoms with E-state index in [1.165, 1.54) is 12.1 Å². The Morgan fingerprint density at radius 3 is 2.96 bits per heavy atom. The fourth-order valence-corrected chi connectivity index (χ4v) is 3.79. The number of nitrogens with zero attached hydrogens (tertiary/aromatic N) is 2. The molecule has 1 aliphatic heterocycles. The second-order valence-electron chi connectivity index (χ2n) is 6.35. The van der Waals surface area contributed by atoms with Gasteiger partial charge in [0.15, 0.2) is 0 Å². The van der Waals surface area contributed by atoms with Gasteiger partial charge < -0.3 is 9.88 Å². The zero-order valence-electron chi connectivity index (χ0n) is 13.7. The van der Waals surface area contributed by atoms with Gasteiger partial charge in [0.05, 0.1) is 22.8 Å². The summed E-state index contributed by atoms with van der Waals surface area (Å²) in [5.41, 5.74) is 1.26. The van der Waals surface area contributed by atoms with Gasteiger partial charge in [0, 0.05) is 13.0 Å². The van der Waals surface area contributed by atoms with Gasteiger partial charge in [-0.25, -0.2) is 22.9 Å². The lowest BCUT2D eigenvalue weighted by Gasteiger charge is -2.34. The number of aromatic amines is 1. The molecule has 0 unspecified atom stereocenters. The van der Waals surface area contributed by atoms with Crippen molar-refractivity contribution in [3.63, 3.8) is 0 Å². The van der Waals surface area contributed by atoms with Crippen molar-refractivity contribution in [1.82, 2.24) is 14.9 Å². The molecular weight excluding hydrogens is 347 g/mol. The average molecular weight is 368 g/mol. The number of carbonyl (C=O) groups excluding carboxylic acids is 1. The van der Waals surface area contributed by atoms with Crippen LogP contribution in [0, 0.1) is 5.82 Å². The highest BCUT2D eigenvalue weighted by atomic mass is 32.2. The van der Waals surface area contributed by atoms with E-state index in [9.17, 15) is 17.6 Å². The predicted octanol–water partition coefficient (Wildman–Crippen LogP) is 1.82. The van der Waals surface area contributed by atoms with Crippen molar-refractivity contribution < 1.29 is 17.6 Å². The van der Waals surface area contributed by atoms with Gasteiger partial charge in [0.2, 0.25) is 15.9 Å². The quantitative estimate of drug-likeness (QED) is 0.839. The van der Waals surface area contributed by atoms with E-state index in [-0.39, 0.29) is 36.4 Å². The molecule has 1 atom stereocenters. The summed E-state index contributed by atoms with van der Waals surface area (Å²) in [7, 11) is -3.56. The Bertz CT molecular complexity index is 881. The van der Waals surface area contributed by atoms with Crippen LogP contribution in [0.1, 0.15) is 44.0 Å². The van der Waals surface area contributed by atoms with Crippen LogP contribution < -0.4 is 5.14 Å². The maximum atomic E-state index is 13.4. The third-order valence-corrected chi connectivity index (χ3v) is 5.28. The van der Waals surface area contributed by atoms with Crippen LogP contribution in [0.5, 0.6) is 0 Å². The molecule has 1 amide bonds. The highest BCUT2D eigenvalue weighted by Gasteiger charge is 2.30. The number of likely N-dealkylation sites (tertiary alicyclic amines) is 1. The number of benzene rings is 1. The summed E-state index contributed by atoms with van der Waals surface area (Å²) >= 11 is 0. The lowest BCUT2D eigenvalue weighted by Crippen LogP contribution is -2.39. The molecule has 1 aromatic heterocycles. The van der Waals surface area contributed by atoms with Gasteiger partial charge in [-0.05, 0) is 43.9 Å². The Morgan fingerprint density at radius 2 is 2.20 bits per heavy atom. The van der Waals surface area contributed by atoms with Crippen LogP contribution in [0.25, 0.3) is 11.0 Å². The molecule has 1 aromatic carbocycles. The molecule has 7 nitrogen and oxygen atoms in total. The normalized spacial score (nSPS) is 18.6. The van der Waals surface area contributed by atoms with Crippen molar-refractivity contribution in [1.29, 1.82) is 0 Å². The number of H-pyrrole nitrogens is 1. The van der Waals surface area contributed by atoms with E-state index in [2.05, 4.69) is 9.97 Å². The first-order valence-corrected chi connectivity index (χ1v) is 10.00. The SMILES string of the molecule is NS(=O)(=O)CCCC(=O)N1CCCC[C@@H]1c1nc2ccc(F)cc2[nH]1. The minimum atomic E-state index is -3.56. The number of halogens is 1. The lowest BCUT2D eigenvalue weighted by molar-refractivity contribution is -0.135. The molecule has 0 radical (unpaired) electrons. The topological polar surface area (TPSA) is 109 Å². The first-order valence-electron chi connectivity index (χ1n) is 8.28. The summed E-state index contributed by atoms with van der Waals surface area (Å²) in [6, 6.07) is 4.13. The van der Waals surface area contributed by atoms with Crippen molar-refractivity contribution in [3.05, 3.63) is 29.8 Å². The van der Waals surface area contributed by atoms with Crippen LogP contribution in [0.15, 0.2) is 18.2 Å². The average Bonchev–Trinajstić information content (AvgIpc) is 2.96. The summed E-state index contributed by atoms with van der Waals surface area (Å²) in [6.45, 7) is 0.601. The molecule has 0 spiro atoms. The zero-order chi connectivity index (χ0) is 18.0. The Morgan fingerprint density at radius 1 is 1.40 bits per heavy atom. The number of aromatic nitrogens is 2. The Kier molecular flexibility index (Phi) is 5.05.